The van der Waals surface area contributed by atoms with Crippen LogP contribution in [0.1, 0.15) is 36.4 Å². The molecule has 0 bridgehead atoms. The summed E-state index contributed by atoms with van der Waals surface area (Å²) in [5.74, 6) is 2.16. The van der Waals surface area contributed by atoms with Gasteiger partial charge in [0.05, 0.1) is 13.0 Å². The monoisotopic (exact) mass is 468 g/mol. The van der Waals surface area contributed by atoms with E-state index in [0.717, 1.165) is 59.9 Å². The molecule has 0 aliphatic carbocycles. The molecular weight excluding hydrogens is 439 g/mol. The van der Waals surface area contributed by atoms with Gasteiger partial charge in [-0.1, -0.05) is 24.3 Å². The molecule has 1 aromatic carbocycles. The Morgan fingerprint density at radius 3 is 2.71 bits per heavy atom. The number of benzene rings is 1. The van der Waals surface area contributed by atoms with Crippen LogP contribution in [0.15, 0.2) is 67.1 Å². The second-order valence-electron chi connectivity index (χ2n) is 8.91. The predicted molar refractivity (Wildman–Crippen MR) is 138 cm³/mol. The minimum absolute atomic E-state index is 0.147. The number of carbonyl (C=O) groups is 1. The molecule has 35 heavy (non-hydrogen) atoms. The number of aromatic nitrogens is 4. The number of amides is 1. The SMILES string of the molecule is Bc1cnn2c(NCc3cccnc3)cc(C3CCN(C(=O)CCOc4ccccc4)CC3)nc12. The van der Waals surface area contributed by atoms with Gasteiger partial charge in [0.15, 0.2) is 5.65 Å². The van der Waals surface area contributed by atoms with Crippen LogP contribution in [0.5, 0.6) is 5.75 Å². The van der Waals surface area contributed by atoms with Crippen molar-refractivity contribution < 1.29 is 9.53 Å². The lowest BCUT2D eigenvalue weighted by molar-refractivity contribution is -0.132. The molecule has 3 aromatic heterocycles. The maximum absolute atomic E-state index is 12.7. The summed E-state index contributed by atoms with van der Waals surface area (Å²) in [6.45, 7) is 2.52. The fraction of sp³-hybridized carbons (Fsp3) is 0.308. The molecule has 1 fully saturated rings. The van der Waals surface area contributed by atoms with E-state index in [0.29, 0.717) is 25.5 Å². The Hall–Kier alpha value is -3.88. The summed E-state index contributed by atoms with van der Waals surface area (Å²) in [4.78, 5) is 23.8. The van der Waals surface area contributed by atoms with Gasteiger partial charge in [-0.3, -0.25) is 9.78 Å². The molecule has 1 aliphatic heterocycles. The third kappa shape index (κ3) is 5.45. The number of nitrogens with one attached hydrogen (secondary N) is 1. The Morgan fingerprint density at radius 1 is 1.11 bits per heavy atom. The molecule has 4 heterocycles. The van der Waals surface area contributed by atoms with Gasteiger partial charge in [0.2, 0.25) is 5.91 Å². The summed E-state index contributed by atoms with van der Waals surface area (Å²) in [6.07, 6.45) is 7.66. The minimum Gasteiger partial charge on any atom is -0.493 e. The van der Waals surface area contributed by atoms with Gasteiger partial charge in [-0.15, -0.1) is 0 Å². The number of ether oxygens (including phenoxy) is 1. The van der Waals surface area contributed by atoms with E-state index >= 15 is 0 Å². The first-order valence-electron chi connectivity index (χ1n) is 12.1. The number of rotatable bonds is 8. The molecular formula is C26H29BN6O2. The van der Waals surface area contributed by atoms with Crippen LogP contribution in [0.4, 0.5) is 5.82 Å². The lowest BCUT2D eigenvalue weighted by Crippen LogP contribution is -2.38. The summed E-state index contributed by atoms with van der Waals surface area (Å²) < 4.78 is 7.56. The number of carbonyl (C=O) groups excluding carboxylic acids is 1. The fourth-order valence-electron chi connectivity index (χ4n) is 4.48. The number of likely N-dealkylation sites (tertiary alicyclic amines) is 1. The van der Waals surface area contributed by atoms with Gasteiger partial charge >= 0.3 is 0 Å². The largest absolute Gasteiger partial charge is 0.493 e. The maximum atomic E-state index is 12.7. The van der Waals surface area contributed by atoms with Crippen molar-refractivity contribution in [2.45, 2.75) is 31.7 Å². The Bertz CT molecular complexity index is 1270. The molecule has 9 heteroatoms. The molecule has 1 saturated heterocycles. The highest BCUT2D eigenvalue weighted by Gasteiger charge is 2.25. The normalized spacial score (nSPS) is 14.2. The quantitative estimate of drug-likeness (QED) is 0.399. The predicted octanol–water partition coefficient (Wildman–Crippen LogP) is 2.17. The van der Waals surface area contributed by atoms with Gasteiger partial charge in [-0.25, -0.2) is 4.98 Å². The van der Waals surface area contributed by atoms with Crippen LogP contribution < -0.4 is 15.5 Å². The first-order valence-corrected chi connectivity index (χ1v) is 12.1. The summed E-state index contributed by atoms with van der Waals surface area (Å²) >= 11 is 0. The smallest absolute Gasteiger partial charge is 0.225 e. The van der Waals surface area contributed by atoms with E-state index in [2.05, 4.69) is 21.5 Å². The maximum Gasteiger partial charge on any atom is 0.225 e. The zero-order valence-electron chi connectivity index (χ0n) is 19.9. The molecule has 4 aromatic rings. The molecule has 0 spiro atoms. The third-order valence-corrected chi connectivity index (χ3v) is 6.46. The van der Waals surface area contributed by atoms with Crippen molar-refractivity contribution in [1.82, 2.24) is 24.5 Å². The Kier molecular flexibility index (Phi) is 6.93. The topological polar surface area (TPSA) is 84.7 Å². The van der Waals surface area contributed by atoms with E-state index in [1.165, 1.54) is 0 Å². The number of para-hydroxylation sites is 1. The molecule has 0 saturated carbocycles. The van der Waals surface area contributed by atoms with Gasteiger partial charge in [0.1, 0.15) is 19.4 Å². The molecule has 1 amide bonds. The van der Waals surface area contributed by atoms with Crippen LogP contribution in [0.2, 0.25) is 0 Å². The van der Waals surface area contributed by atoms with Crippen molar-refractivity contribution in [2.24, 2.45) is 0 Å². The van der Waals surface area contributed by atoms with Gasteiger partial charge in [0, 0.05) is 55.9 Å². The Balaban J connectivity index is 1.21. The van der Waals surface area contributed by atoms with Crippen molar-refractivity contribution in [3.8, 4) is 5.75 Å². The Morgan fingerprint density at radius 2 is 1.94 bits per heavy atom. The van der Waals surface area contributed by atoms with Gasteiger partial charge in [0.25, 0.3) is 0 Å². The highest BCUT2D eigenvalue weighted by Crippen LogP contribution is 2.29. The number of hydrogen-bond acceptors (Lipinski definition) is 6. The van der Waals surface area contributed by atoms with E-state index in [1.807, 2.05) is 72.1 Å². The standard InChI is InChI=1S/C26H29BN6O2/c27-22-18-30-33-24(29-17-19-5-4-11-28-16-19)15-23(31-26(22)33)20-8-12-32(13-9-20)25(34)10-14-35-21-6-2-1-3-7-21/h1-7,11,15-16,18,20,29H,8-10,12-14,17,27H2. The molecule has 1 N–H and O–H groups in total. The average Bonchev–Trinajstić information content (AvgIpc) is 3.29. The highest BCUT2D eigenvalue weighted by molar-refractivity contribution is 6.36. The molecule has 0 atom stereocenters. The van der Waals surface area contributed by atoms with Crippen LogP contribution >= 0.6 is 0 Å². The average molecular weight is 468 g/mol. The van der Waals surface area contributed by atoms with Crippen molar-refractivity contribution in [3.05, 3.63) is 78.4 Å². The molecule has 0 unspecified atom stereocenters. The number of anilines is 1. The van der Waals surface area contributed by atoms with Gasteiger partial charge in [-0.2, -0.15) is 9.61 Å². The molecule has 1 aliphatic rings. The number of piperidine rings is 1. The van der Waals surface area contributed by atoms with Crippen LogP contribution in [-0.4, -0.2) is 57.9 Å². The summed E-state index contributed by atoms with van der Waals surface area (Å²) in [5.41, 5.74) is 4.07. The number of pyridine rings is 1. The van der Waals surface area contributed by atoms with Gasteiger partial charge < -0.3 is 15.0 Å². The van der Waals surface area contributed by atoms with E-state index in [-0.39, 0.29) is 5.91 Å². The molecule has 5 rings (SSSR count). The van der Waals surface area contributed by atoms with Crippen LogP contribution in [-0.2, 0) is 11.3 Å². The molecule has 178 valence electrons. The molecule has 8 nitrogen and oxygen atoms in total. The van der Waals surface area contributed by atoms with E-state index in [4.69, 9.17) is 9.72 Å². The first kappa shape index (κ1) is 22.9. The van der Waals surface area contributed by atoms with E-state index in [9.17, 15) is 4.79 Å². The van der Waals surface area contributed by atoms with Crippen molar-refractivity contribution in [2.75, 3.05) is 25.0 Å². The lowest BCUT2D eigenvalue weighted by atomic mass is 9.92. The third-order valence-electron chi connectivity index (χ3n) is 6.46. The van der Waals surface area contributed by atoms with Gasteiger partial charge in [-0.05, 0) is 42.1 Å². The highest BCUT2D eigenvalue weighted by atomic mass is 16.5. The zero-order valence-corrected chi connectivity index (χ0v) is 19.9. The van der Waals surface area contributed by atoms with Crippen molar-refractivity contribution >= 4 is 30.7 Å². The van der Waals surface area contributed by atoms with Crippen LogP contribution in [0.3, 0.4) is 0 Å². The zero-order chi connectivity index (χ0) is 24.0. The van der Waals surface area contributed by atoms with E-state index < -0.39 is 0 Å². The number of hydrogen-bond donors (Lipinski definition) is 1. The number of nitrogens with zero attached hydrogens (tertiary/aromatic N) is 5. The summed E-state index contributed by atoms with van der Waals surface area (Å²) in [6, 6.07) is 15.7. The van der Waals surface area contributed by atoms with Crippen LogP contribution in [0.25, 0.3) is 5.65 Å². The Labute approximate surface area is 205 Å². The van der Waals surface area contributed by atoms with E-state index in [1.54, 1.807) is 6.20 Å². The fourth-order valence-corrected chi connectivity index (χ4v) is 4.48. The minimum atomic E-state index is 0.147. The second kappa shape index (κ2) is 10.6. The lowest BCUT2D eigenvalue weighted by Gasteiger charge is -2.32. The van der Waals surface area contributed by atoms with Crippen LogP contribution in [0, 0.1) is 0 Å². The van der Waals surface area contributed by atoms with Crippen molar-refractivity contribution in [1.29, 1.82) is 0 Å². The molecule has 0 radical (unpaired) electrons. The summed E-state index contributed by atoms with van der Waals surface area (Å²) in [7, 11) is 2.03. The number of fused-ring (bicyclic) bond motifs is 1. The summed E-state index contributed by atoms with van der Waals surface area (Å²) in [5, 5.41) is 8.02. The first-order chi connectivity index (χ1) is 17.2. The van der Waals surface area contributed by atoms with Crippen molar-refractivity contribution in [3.63, 3.8) is 0 Å². The second-order valence-corrected chi connectivity index (χ2v) is 8.91.